The normalized spacial score (nSPS) is 11.2. The Balaban J connectivity index is 1.44. The van der Waals surface area contributed by atoms with Crippen LogP contribution in [-0.4, -0.2) is 9.97 Å². The van der Waals surface area contributed by atoms with Gasteiger partial charge in [-0.2, -0.15) is 0 Å². The van der Waals surface area contributed by atoms with Crippen LogP contribution in [0.1, 0.15) is 5.56 Å². The van der Waals surface area contributed by atoms with E-state index in [1.54, 1.807) is 18.2 Å². The highest BCUT2D eigenvalue weighted by Crippen LogP contribution is 2.26. The lowest BCUT2D eigenvalue weighted by Gasteiger charge is -2.07. The number of anilines is 1. The molecule has 2 N–H and O–H groups in total. The number of benzene rings is 2. The molecule has 0 saturated carbocycles. The maximum atomic E-state index is 12.3. The summed E-state index contributed by atoms with van der Waals surface area (Å²) < 4.78 is 5.40. The van der Waals surface area contributed by atoms with Crippen molar-refractivity contribution in [3.63, 3.8) is 0 Å². The van der Waals surface area contributed by atoms with E-state index in [1.807, 2.05) is 47.8 Å². The van der Waals surface area contributed by atoms with Crippen LogP contribution in [0.3, 0.4) is 0 Å². The summed E-state index contributed by atoms with van der Waals surface area (Å²) in [7, 11) is 0. The van der Waals surface area contributed by atoms with Gasteiger partial charge >= 0.3 is 5.63 Å². The molecule has 0 spiro atoms. The molecule has 0 aliphatic rings. The van der Waals surface area contributed by atoms with Crippen molar-refractivity contribution in [3.8, 4) is 11.3 Å². The number of para-hydroxylation sites is 2. The fraction of sp³-hybridized carbons (Fsp3) is 0.0455. The van der Waals surface area contributed by atoms with Crippen molar-refractivity contribution >= 4 is 38.3 Å². The van der Waals surface area contributed by atoms with Crippen molar-refractivity contribution in [2.24, 2.45) is 0 Å². The summed E-state index contributed by atoms with van der Waals surface area (Å²) in [4.78, 5) is 31.6. The smallest absolute Gasteiger partial charge is 0.345 e. The summed E-state index contributed by atoms with van der Waals surface area (Å²) >= 11 is 1.40. The second-order valence-electron chi connectivity index (χ2n) is 6.58. The number of hydrogen-bond donors (Lipinski definition) is 2. The average Bonchev–Trinajstić information content (AvgIpc) is 3.20. The highest BCUT2D eigenvalue weighted by Gasteiger charge is 2.12. The molecule has 0 aliphatic carbocycles. The molecule has 142 valence electrons. The Labute approximate surface area is 168 Å². The van der Waals surface area contributed by atoms with E-state index in [0.717, 1.165) is 21.9 Å². The largest absolute Gasteiger partial charge is 0.422 e. The molecule has 5 rings (SSSR count). The molecule has 0 amide bonds. The predicted molar refractivity (Wildman–Crippen MR) is 115 cm³/mol. The van der Waals surface area contributed by atoms with Crippen molar-refractivity contribution in [3.05, 3.63) is 92.4 Å². The van der Waals surface area contributed by atoms with E-state index in [-0.39, 0.29) is 5.56 Å². The van der Waals surface area contributed by atoms with Gasteiger partial charge in [0.25, 0.3) is 0 Å². The Morgan fingerprint density at radius 3 is 2.79 bits per heavy atom. The number of fused-ring (bicyclic) bond motifs is 2. The van der Waals surface area contributed by atoms with Gasteiger partial charge in [-0.05, 0) is 23.8 Å². The van der Waals surface area contributed by atoms with Crippen LogP contribution < -0.4 is 16.5 Å². The fourth-order valence-corrected chi connectivity index (χ4v) is 4.02. The molecule has 0 aliphatic heterocycles. The minimum atomic E-state index is -0.416. The Bertz CT molecular complexity index is 1470. The first-order valence-corrected chi connectivity index (χ1v) is 9.89. The molecule has 5 aromatic rings. The Morgan fingerprint density at radius 2 is 1.86 bits per heavy atom. The van der Waals surface area contributed by atoms with Crippen LogP contribution in [0.4, 0.5) is 5.13 Å². The molecule has 0 bridgehead atoms. The summed E-state index contributed by atoms with van der Waals surface area (Å²) in [5, 5.41) is 7.56. The molecule has 0 radical (unpaired) electrons. The summed E-state index contributed by atoms with van der Waals surface area (Å²) in [5.41, 5.74) is 2.66. The quantitative estimate of drug-likeness (QED) is 0.437. The van der Waals surface area contributed by atoms with E-state index in [9.17, 15) is 9.59 Å². The lowest BCUT2D eigenvalue weighted by atomic mass is 10.1. The third kappa shape index (κ3) is 3.32. The summed E-state index contributed by atoms with van der Waals surface area (Å²) in [6.07, 6.45) is 0. The second kappa shape index (κ2) is 7.03. The Kier molecular flexibility index (Phi) is 4.22. The molecule has 29 heavy (non-hydrogen) atoms. The maximum absolute atomic E-state index is 12.3. The van der Waals surface area contributed by atoms with E-state index in [0.29, 0.717) is 28.5 Å². The van der Waals surface area contributed by atoms with Crippen LogP contribution >= 0.6 is 11.3 Å². The summed E-state index contributed by atoms with van der Waals surface area (Å²) in [6, 6.07) is 18.4. The van der Waals surface area contributed by atoms with Crippen LogP contribution in [0, 0.1) is 0 Å². The van der Waals surface area contributed by atoms with E-state index in [2.05, 4.69) is 15.3 Å². The third-order valence-corrected chi connectivity index (χ3v) is 5.49. The number of nitrogens with zero attached hydrogens (tertiary/aromatic N) is 1. The maximum Gasteiger partial charge on any atom is 0.345 e. The third-order valence-electron chi connectivity index (χ3n) is 4.69. The average molecular weight is 401 g/mol. The predicted octanol–water partition coefficient (Wildman–Crippen LogP) is 4.37. The van der Waals surface area contributed by atoms with Gasteiger partial charge < -0.3 is 14.7 Å². The molecular formula is C22H15N3O3S. The van der Waals surface area contributed by atoms with Crippen molar-refractivity contribution in [2.75, 3.05) is 5.32 Å². The van der Waals surface area contributed by atoms with E-state index in [4.69, 9.17) is 4.42 Å². The minimum absolute atomic E-state index is 0.144. The lowest BCUT2D eigenvalue weighted by molar-refractivity contribution is 0.563. The molecule has 0 fully saturated rings. The van der Waals surface area contributed by atoms with Gasteiger partial charge in [0.1, 0.15) is 5.58 Å². The van der Waals surface area contributed by atoms with E-state index >= 15 is 0 Å². The zero-order valence-electron chi connectivity index (χ0n) is 15.1. The summed E-state index contributed by atoms with van der Waals surface area (Å²) in [6.45, 7) is 0.448. The molecule has 0 atom stereocenters. The first kappa shape index (κ1) is 17.4. The number of H-pyrrole nitrogens is 1. The molecule has 0 saturated heterocycles. The number of nitrogens with one attached hydrogen (secondary N) is 2. The standard InChI is InChI=1S/C22H15N3O3S/c26-20-10-14(15-6-2-3-7-17(15)24-20)11-23-22-25-18(12-29-22)16-9-13-5-1-4-8-19(13)28-21(16)27/h1-10,12H,11H2,(H,23,25)(H,24,26). The van der Waals surface area contributed by atoms with Gasteiger partial charge in [0.15, 0.2) is 5.13 Å². The highest BCUT2D eigenvalue weighted by atomic mass is 32.1. The van der Waals surface area contributed by atoms with Crippen LogP contribution in [0.5, 0.6) is 0 Å². The van der Waals surface area contributed by atoms with Gasteiger partial charge in [0.05, 0.1) is 11.3 Å². The van der Waals surface area contributed by atoms with Crippen LogP contribution in [-0.2, 0) is 6.54 Å². The van der Waals surface area contributed by atoms with Gasteiger partial charge in [-0.3, -0.25) is 4.79 Å². The van der Waals surface area contributed by atoms with Gasteiger partial charge in [0.2, 0.25) is 5.56 Å². The van der Waals surface area contributed by atoms with Gasteiger partial charge in [-0.1, -0.05) is 36.4 Å². The van der Waals surface area contributed by atoms with Crippen LogP contribution in [0.15, 0.2) is 80.0 Å². The summed E-state index contributed by atoms with van der Waals surface area (Å²) in [5.74, 6) is 0. The topological polar surface area (TPSA) is 88.0 Å². The van der Waals surface area contributed by atoms with Gasteiger partial charge in [0, 0.05) is 34.3 Å². The fourth-order valence-electron chi connectivity index (χ4n) is 3.31. The number of pyridine rings is 1. The first-order valence-electron chi connectivity index (χ1n) is 9.01. The van der Waals surface area contributed by atoms with Crippen LogP contribution in [0.25, 0.3) is 33.1 Å². The van der Waals surface area contributed by atoms with E-state index in [1.165, 1.54) is 11.3 Å². The number of thiazole rings is 1. The lowest BCUT2D eigenvalue weighted by Crippen LogP contribution is -2.09. The second-order valence-corrected chi connectivity index (χ2v) is 7.44. The number of hydrogen-bond acceptors (Lipinski definition) is 6. The molecule has 3 heterocycles. The van der Waals surface area contributed by atoms with Crippen molar-refractivity contribution < 1.29 is 4.42 Å². The highest BCUT2D eigenvalue weighted by molar-refractivity contribution is 7.14. The molecular weight excluding hydrogens is 386 g/mol. The first-order chi connectivity index (χ1) is 14.2. The minimum Gasteiger partial charge on any atom is -0.422 e. The zero-order chi connectivity index (χ0) is 19.8. The van der Waals surface area contributed by atoms with Crippen molar-refractivity contribution in [2.45, 2.75) is 6.54 Å². The monoisotopic (exact) mass is 401 g/mol. The SMILES string of the molecule is O=c1cc(CNc2nc(-c3cc4ccccc4oc3=O)cs2)c2ccccc2[nH]1. The molecule has 2 aromatic carbocycles. The van der Waals surface area contributed by atoms with Crippen molar-refractivity contribution in [1.29, 1.82) is 0 Å². The Morgan fingerprint density at radius 1 is 1.03 bits per heavy atom. The molecule has 0 unspecified atom stereocenters. The number of rotatable bonds is 4. The number of aromatic nitrogens is 2. The van der Waals surface area contributed by atoms with Crippen LogP contribution in [0.2, 0.25) is 0 Å². The molecule has 6 nitrogen and oxygen atoms in total. The zero-order valence-corrected chi connectivity index (χ0v) is 16.0. The molecule has 7 heteroatoms. The Hall–Kier alpha value is -3.71. The van der Waals surface area contributed by atoms with Gasteiger partial charge in [-0.15, -0.1) is 11.3 Å². The van der Waals surface area contributed by atoms with Gasteiger partial charge in [-0.25, -0.2) is 9.78 Å². The molecule has 3 aromatic heterocycles. The van der Waals surface area contributed by atoms with Crippen molar-refractivity contribution in [1.82, 2.24) is 9.97 Å². The van der Waals surface area contributed by atoms with E-state index < -0.39 is 5.63 Å². The number of aromatic amines is 1.